The van der Waals surface area contributed by atoms with Crippen molar-refractivity contribution in [1.82, 2.24) is 0 Å². The van der Waals surface area contributed by atoms with E-state index in [0.717, 1.165) is 12.0 Å². The number of rotatable bonds is 10. The summed E-state index contributed by atoms with van der Waals surface area (Å²) in [6.45, 7) is 5.73. The molecule has 7 nitrogen and oxygen atoms in total. The minimum Gasteiger partial charge on any atom is -0.490 e. The molecule has 0 aliphatic carbocycles. The number of ether oxygens (including phenoxy) is 4. The number of carbonyl (C=O) groups is 2. The molecule has 0 radical (unpaired) electrons. The Bertz CT molecular complexity index is 990. The van der Waals surface area contributed by atoms with Crippen LogP contribution >= 0.6 is 0 Å². The Morgan fingerprint density at radius 3 is 2.48 bits per heavy atom. The molecular weight excluding hydrogens is 398 g/mol. The number of hydrogen-bond donors (Lipinski definition) is 0. The maximum Gasteiger partial charge on any atom is 0.349 e. The van der Waals surface area contributed by atoms with Gasteiger partial charge in [-0.25, -0.2) is 9.59 Å². The van der Waals surface area contributed by atoms with E-state index < -0.39 is 11.9 Å². The predicted molar refractivity (Wildman–Crippen MR) is 115 cm³/mol. The number of hydrogen-bond acceptors (Lipinski definition) is 7. The quantitative estimate of drug-likeness (QED) is 0.246. The van der Waals surface area contributed by atoms with Crippen LogP contribution in [0.25, 0.3) is 6.08 Å². The predicted octanol–water partition coefficient (Wildman–Crippen LogP) is 4.10. The van der Waals surface area contributed by atoms with Crippen molar-refractivity contribution in [2.45, 2.75) is 27.2 Å². The summed E-state index contributed by atoms with van der Waals surface area (Å²) in [5.74, 6) is -0.189. The molecule has 0 amide bonds. The van der Waals surface area contributed by atoms with E-state index in [9.17, 15) is 14.9 Å². The molecule has 2 aromatic rings. The molecule has 31 heavy (non-hydrogen) atoms. The zero-order chi connectivity index (χ0) is 22.6. The standard InChI is InChI=1S/C24H25NO6/c1-4-17-8-7-9-20(13-17)30-16-23(26)31-21-11-10-18(14-22(21)28-5-2)12-19(15-25)24(27)29-6-3/h7-14H,4-6,16H2,1-3H3/b19-12+. The van der Waals surface area contributed by atoms with Crippen LogP contribution in [-0.4, -0.2) is 31.8 Å². The van der Waals surface area contributed by atoms with Gasteiger partial charge in [-0.05, 0) is 61.7 Å². The zero-order valence-electron chi connectivity index (χ0n) is 17.8. The zero-order valence-corrected chi connectivity index (χ0v) is 17.8. The van der Waals surface area contributed by atoms with Crippen molar-refractivity contribution in [3.63, 3.8) is 0 Å². The second-order valence-electron chi connectivity index (χ2n) is 6.29. The molecule has 0 bridgehead atoms. The van der Waals surface area contributed by atoms with Crippen LogP contribution in [0.3, 0.4) is 0 Å². The molecule has 0 aliphatic heterocycles. The second kappa shape index (κ2) is 12.0. The number of esters is 2. The fourth-order valence-corrected chi connectivity index (χ4v) is 2.63. The van der Waals surface area contributed by atoms with Crippen LogP contribution in [0.4, 0.5) is 0 Å². The van der Waals surface area contributed by atoms with Crippen LogP contribution in [-0.2, 0) is 20.7 Å². The first-order chi connectivity index (χ1) is 15.0. The highest BCUT2D eigenvalue weighted by Gasteiger charge is 2.14. The summed E-state index contributed by atoms with van der Waals surface area (Å²) >= 11 is 0. The Balaban J connectivity index is 2.12. The molecule has 7 heteroatoms. The van der Waals surface area contributed by atoms with Crippen LogP contribution < -0.4 is 14.2 Å². The molecule has 0 saturated carbocycles. The van der Waals surface area contributed by atoms with Gasteiger partial charge in [-0.3, -0.25) is 0 Å². The van der Waals surface area contributed by atoms with Crippen LogP contribution in [0.1, 0.15) is 31.9 Å². The van der Waals surface area contributed by atoms with Gasteiger partial charge in [-0.15, -0.1) is 0 Å². The van der Waals surface area contributed by atoms with Crippen molar-refractivity contribution >= 4 is 18.0 Å². The average molecular weight is 423 g/mol. The van der Waals surface area contributed by atoms with Gasteiger partial charge in [0.05, 0.1) is 13.2 Å². The fraction of sp³-hybridized carbons (Fsp3) is 0.292. The lowest BCUT2D eigenvalue weighted by Crippen LogP contribution is -2.18. The summed E-state index contributed by atoms with van der Waals surface area (Å²) in [6, 6.07) is 14.0. The number of nitriles is 1. The molecule has 0 spiro atoms. The highest BCUT2D eigenvalue weighted by atomic mass is 16.6. The van der Waals surface area contributed by atoms with Crippen LogP contribution in [0.5, 0.6) is 17.2 Å². The molecule has 0 aromatic heterocycles. The highest BCUT2D eigenvalue weighted by molar-refractivity contribution is 5.98. The van der Waals surface area contributed by atoms with E-state index in [2.05, 4.69) is 0 Å². The summed E-state index contributed by atoms with van der Waals surface area (Å²) in [7, 11) is 0. The van der Waals surface area contributed by atoms with Crippen LogP contribution in [0.2, 0.25) is 0 Å². The summed E-state index contributed by atoms with van der Waals surface area (Å²) in [5, 5.41) is 9.18. The van der Waals surface area contributed by atoms with Crippen molar-refractivity contribution in [2.24, 2.45) is 0 Å². The van der Waals surface area contributed by atoms with Gasteiger partial charge >= 0.3 is 11.9 Å². The molecular formula is C24H25NO6. The monoisotopic (exact) mass is 423 g/mol. The van der Waals surface area contributed by atoms with Gasteiger partial charge in [0, 0.05) is 0 Å². The Morgan fingerprint density at radius 2 is 1.81 bits per heavy atom. The van der Waals surface area contributed by atoms with Gasteiger partial charge in [0.1, 0.15) is 17.4 Å². The molecule has 2 rings (SSSR count). The second-order valence-corrected chi connectivity index (χ2v) is 6.29. The SMILES string of the molecule is CCOC(=O)/C(C#N)=C/c1ccc(OC(=O)COc2cccc(CC)c2)c(OCC)c1. The number of aryl methyl sites for hydroxylation is 1. The smallest absolute Gasteiger partial charge is 0.349 e. The third-order valence-electron chi connectivity index (χ3n) is 4.08. The Hall–Kier alpha value is -3.79. The molecule has 2 aromatic carbocycles. The molecule has 0 aliphatic rings. The van der Waals surface area contributed by atoms with Crippen molar-refractivity contribution in [3.8, 4) is 23.3 Å². The van der Waals surface area contributed by atoms with Crippen molar-refractivity contribution in [1.29, 1.82) is 5.26 Å². The Labute approximate surface area is 181 Å². The van der Waals surface area contributed by atoms with Crippen LogP contribution in [0, 0.1) is 11.3 Å². The maximum atomic E-state index is 12.2. The van der Waals surface area contributed by atoms with E-state index in [1.807, 2.05) is 31.2 Å². The first kappa shape index (κ1) is 23.5. The van der Waals surface area contributed by atoms with E-state index in [1.165, 1.54) is 12.1 Å². The molecule has 0 saturated heterocycles. The van der Waals surface area contributed by atoms with Gasteiger partial charge in [-0.2, -0.15) is 5.26 Å². The topological polar surface area (TPSA) is 94.9 Å². The fourth-order valence-electron chi connectivity index (χ4n) is 2.63. The summed E-state index contributed by atoms with van der Waals surface area (Å²) < 4.78 is 21.3. The number of nitrogens with zero attached hydrogens (tertiary/aromatic N) is 1. The lowest BCUT2D eigenvalue weighted by molar-refractivity contribution is -0.138. The molecule has 0 fully saturated rings. The number of carbonyl (C=O) groups excluding carboxylic acids is 2. The van der Waals surface area contributed by atoms with Crippen molar-refractivity contribution in [3.05, 3.63) is 59.2 Å². The van der Waals surface area contributed by atoms with Crippen molar-refractivity contribution < 1.29 is 28.5 Å². The van der Waals surface area contributed by atoms with Gasteiger partial charge < -0.3 is 18.9 Å². The first-order valence-electron chi connectivity index (χ1n) is 9.98. The van der Waals surface area contributed by atoms with Crippen LogP contribution in [0.15, 0.2) is 48.0 Å². The lowest BCUT2D eigenvalue weighted by atomic mass is 10.1. The van der Waals surface area contributed by atoms with Gasteiger partial charge in [-0.1, -0.05) is 25.1 Å². The molecule has 162 valence electrons. The van der Waals surface area contributed by atoms with E-state index in [0.29, 0.717) is 23.7 Å². The molecule has 0 unspecified atom stereocenters. The Morgan fingerprint density at radius 1 is 1.00 bits per heavy atom. The highest BCUT2D eigenvalue weighted by Crippen LogP contribution is 2.29. The normalized spacial score (nSPS) is 10.7. The van der Waals surface area contributed by atoms with E-state index in [4.69, 9.17) is 18.9 Å². The lowest BCUT2D eigenvalue weighted by Gasteiger charge is -2.12. The average Bonchev–Trinajstić information content (AvgIpc) is 2.78. The Kier molecular flexibility index (Phi) is 9.12. The van der Waals surface area contributed by atoms with E-state index >= 15 is 0 Å². The third-order valence-corrected chi connectivity index (χ3v) is 4.08. The summed E-state index contributed by atoms with van der Waals surface area (Å²) in [5.41, 5.74) is 1.49. The summed E-state index contributed by atoms with van der Waals surface area (Å²) in [4.78, 5) is 24.1. The molecule has 0 atom stereocenters. The minimum atomic E-state index is -0.706. The third kappa shape index (κ3) is 7.19. The largest absolute Gasteiger partial charge is 0.490 e. The van der Waals surface area contributed by atoms with Gasteiger partial charge in [0.2, 0.25) is 0 Å². The molecule has 0 heterocycles. The first-order valence-corrected chi connectivity index (χ1v) is 9.98. The van der Waals surface area contributed by atoms with E-state index in [1.54, 1.807) is 32.0 Å². The van der Waals surface area contributed by atoms with E-state index in [-0.39, 0.29) is 24.5 Å². The van der Waals surface area contributed by atoms with Gasteiger partial charge in [0.25, 0.3) is 0 Å². The number of benzene rings is 2. The van der Waals surface area contributed by atoms with Gasteiger partial charge in [0.15, 0.2) is 18.1 Å². The molecule has 0 N–H and O–H groups in total. The summed E-state index contributed by atoms with van der Waals surface area (Å²) in [6.07, 6.45) is 2.25. The van der Waals surface area contributed by atoms with Crippen molar-refractivity contribution in [2.75, 3.05) is 19.8 Å². The maximum absolute atomic E-state index is 12.2. The minimum absolute atomic E-state index is 0.142.